The van der Waals surface area contributed by atoms with E-state index in [0.29, 0.717) is 6.10 Å². The first-order valence-corrected chi connectivity index (χ1v) is 6.14. The maximum atomic E-state index is 5.68. The molecule has 1 aromatic rings. The standard InChI is InChI=1S/C13H24N2O2/c1-11(2)16-8-7-15(4)10-13-6-5-12(17-13)9-14-3/h5-6,11,14H,7-10H2,1-4H3. The molecule has 0 saturated heterocycles. The fourth-order valence-corrected chi connectivity index (χ4v) is 1.57. The van der Waals surface area contributed by atoms with Crippen LogP contribution in [0.5, 0.6) is 0 Å². The van der Waals surface area contributed by atoms with Crippen LogP contribution in [-0.4, -0.2) is 38.3 Å². The maximum Gasteiger partial charge on any atom is 0.118 e. The molecule has 1 N–H and O–H groups in total. The van der Waals surface area contributed by atoms with Gasteiger partial charge in [0.25, 0.3) is 0 Å². The third kappa shape index (κ3) is 5.86. The molecule has 0 saturated carbocycles. The summed E-state index contributed by atoms with van der Waals surface area (Å²) in [4.78, 5) is 2.20. The Morgan fingerprint density at radius 1 is 1.35 bits per heavy atom. The molecule has 0 amide bonds. The van der Waals surface area contributed by atoms with Crippen LogP contribution < -0.4 is 5.32 Å². The normalized spacial score (nSPS) is 11.6. The summed E-state index contributed by atoms with van der Waals surface area (Å²) in [5, 5.41) is 3.07. The predicted octanol–water partition coefficient (Wildman–Crippen LogP) is 1.86. The molecule has 17 heavy (non-hydrogen) atoms. The average Bonchev–Trinajstić information content (AvgIpc) is 2.65. The summed E-state index contributed by atoms with van der Waals surface area (Å²) in [6.45, 7) is 7.39. The Hall–Kier alpha value is -0.840. The van der Waals surface area contributed by atoms with E-state index < -0.39 is 0 Å². The summed E-state index contributed by atoms with van der Waals surface area (Å²) in [7, 11) is 3.99. The number of likely N-dealkylation sites (N-methyl/N-ethyl adjacent to an activating group) is 1. The van der Waals surface area contributed by atoms with Gasteiger partial charge in [0.05, 0.1) is 25.8 Å². The molecule has 0 unspecified atom stereocenters. The van der Waals surface area contributed by atoms with Gasteiger partial charge in [0.15, 0.2) is 0 Å². The highest BCUT2D eigenvalue weighted by Gasteiger charge is 2.05. The van der Waals surface area contributed by atoms with Crippen molar-refractivity contribution in [1.29, 1.82) is 0 Å². The molecule has 0 fully saturated rings. The number of ether oxygens (including phenoxy) is 1. The fraction of sp³-hybridized carbons (Fsp3) is 0.692. The topological polar surface area (TPSA) is 37.6 Å². The van der Waals surface area contributed by atoms with Gasteiger partial charge >= 0.3 is 0 Å². The Kier molecular flexibility index (Phi) is 6.26. The van der Waals surface area contributed by atoms with E-state index in [-0.39, 0.29) is 0 Å². The lowest BCUT2D eigenvalue weighted by Crippen LogP contribution is -2.23. The van der Waals surface area contributed by atoms with Gasteiger partial charge in [-0.3, -0.25) is 4.90 Å². The largest absolute Gasteiger partial charge is 0.463 e. The molecular weight excluding hydrogens is 216 g/mol. The van der Waals surface area contributed by atoms with Crippen LogP contribution in [-0.2, 0) is 17.8 Å². The first kappa shape index (κ1) is 14.2. The molecule has 1 heterocycles. The Labute approximate surface area is 104 Å². The second-order valence-electron chi connectivity index (χ2n) is 4.56. The van der Waals surface area contributed by atoms with E-state index in [2.05, 4.69) is 31.1 Å². The summed E-state index contributed by atoms with van der Waals surface area (Å²) >= 11 is 0. The average molecular weight is 240 g/mol. The molecule has 0 aromatic carbocycles. The van der Waals surface area contributed by atoms with Gasteiger partial charge in [-0.05, 0) is 40.1 Å². The quantitative estimate of drug-likeness (QED) is 0.752. The molecule has 4 nitrogen and oxygen atoms in total. The Bertz CT molecular complexity index is 310. The first-order valence-electron chi connectivity index (χ1n) is 6.14. The highest BCUT2D eigenvalue weighted by atomic mass is 16.5. The van der Waals surface area contributed by atoms with Gasteiger partial charge in [-0.1, -0.05) is 0 Å². The zero-order valence-electron chi connectivity index (χ0n) is 11.3. The van der Waals surface area contributed by atoms with Crippen molar-refractivity contribution >= 4 is 0 Å². The maximum absolute atomic E-state index is 5.68. The molecule has 0 aliphatic heterocycles. The van der Waals surface area contributed by atoms with E-state index >= 15 is 0 Å². The number of rotatable bonds is 8. The first-order chi connectivity index (χ1) is 8.11. The lowest BCUT2D eigenvalue weighted by atomic mass is 10.4. The minimum absolute atomic E-state index is 0.300. The summed E-state index contributed by atoms with van der Waals surface area (Å²) < 4.78 is 11.2. The minimum Gasteiger partial charge on any atom is -0.463 e. The van der Waals surface area contributed by atoms with Crippen LogP contribution in [0.25, 0.3) is 0 Å². The predicted molar refractivity (Wildman–Crippen MR) is 68.9 cm³/mol. The van der Waals surface area contributed by atoms with Crippen molar-refractivity contribution < 1.29 is 9.15 Å². The number of hydrogen-bond acceptors (Lipinski definition) is 4. The van der Waals surface area contributed by atoms with Gasteiger partial charge in [0.2, 0.25) is 0 Å². The van der Waals surface area contributed by atoms with Crippen molar-refractivity contribution in [2.24, 2.45) is 0 Å². The lowest BCUT2D eigenvalue weighted by Gasteiger charge is -2.16. The van der Waals surface area contributed by atoms with E-state index in [9.17, 15) is 0 Å². The summed E-state index contributed by atoms with van der Waals surface area (Å²) in [5.41, 5.74) is 0. The van der Waals surface area contributed by atoms with Crippen molar-refractivity contribution in [3.05, 3.63) is 23.7 Å². The van der Waals surface area contributed by atoms with Crippen molar-refractivity contribution in [1.82, 2.24) is 10.2 Å². The summed E-state index contributed by atoms with van der Waals surface area (Å²) in [6, 6.07) is 4.05. The molecule has 0 spiro atoms. The number of furan rings is 1. The second kappa shape index (κ2) is 7.48. The SMILES string of the molecule is CNCc1ccc(CN(C)CCOC(C)C)o1. The molecule has 1 aromatic heterocycles. The summed E-state index contributed by atoms with van der Waals surface area (Å²) in [6.07, 6.45) is 0.300. The third-order valence-corrected chi connectivity index (χ3v) is 2.42. The molecule has 1 rings (SSSR count). The smallest absolute Gasteiger partial charge is 0.118 e. The summed E-state index contributed by atoms with van der Waals surface area (Å²) in [5.74, 6) is 1.98. The van der Waals surface area contributed by atoms with E-state index in [1.807, 2.05) is 19.2 Å². The van der Waals surface area contributed by atoms with E-state index in [1.54, 1.807) is 0 Å². The van der Waals surface area contributed by atoms with E-state index in [4.69, 9.17) is 9.15 Å². The van der Waals surface area contributed by atoms with Crippen molar-refractivity contribution in [3.8, 4) is 0 Å². The lowest BCUT2D eigenvalue weighted by molar-refractivity contribution is 0.0616. The van der Waals surface area contributed by atoms with Crippen molar-refractivity contribution in [3.63, 3.8) is 0 Å². The molecule has 4 heteroatoms. The van der Waals surface area contributed by atoms with Crippen LogP contribution in [0, 0.1) is 0 Å². The van der Waals surface area contributed by atoms with Gasteiger partial charge in [-0.15, -0.1) is 0 Å². The molecule has 0 aliphatic carbocycles. The van der Waals surface area contributed by atoms with Crippen molar-refractivity contribution in [2.45, 2.75) is 33.0 Å². The molecule has 0 atom stereocenters. The number of nitrogens with one attached hydrogen (secondary N) is 1. The monoisotopic (exact) mass is 240 g/mol. The molecular formula is C13H24N2O2. The van der Waals surface area contributed by atoms with Crippen LogP contribution in [0.4, 0.5) is 0 Å². The number of nitrogens with zero attached hydrogens (tertiary/aromatic N) is 1. The molecule has 98 valence electrons. The second-order valence-corrected chi connectivity index (χ2v) is 4.56. The van der Waals surface area contributed by atoms with E-state index in [1.165, 1.54) is 0 Å². The number of hydrogen-bond donors (Lipinski definition) is 1. The van der Waals surface area contributed by atoms with Crippen LogP contribution in [0.1, 0.15) is 25.4 Å². The van der Waals surface area contributed by atoms with Gasteiger partial charge < -0.3 is 14.5 Å². The van der Waals surface area contributed by atoms with Gasteiger partial charge in [-0.2, -0.15) is 0 Å². The Balaban J connectivity index is 2.26. The van der Waals surface area contributed by atoms with E-state index in [0.717, 1.165) is 37.8 Å². The van der Waals surface area contributed by atoms with Gasteiger partial charge in [-0.25, -0.2) is 0 Å². The molecule has 0 bridgehead atoms. The van der Waals surface area contributed by atoms with Gasteiger partial charge in [0.1, 0.15) is 11.5 Å². The Morgan fingerprint density at radius 3 is 2.71 bits per heavy atom. The highest BCUT2D eigenvalue weighted by molar-refractivity contribution is 5.06. The van der Waals surface area contributed by atoms with Crippen molar-refractivity contribution in [2.75, 3.05) is 27.2 Å². The molecule has 0 radical (unpaired) electrons. The highest BCUT2D eigenvalue weighted by Crippen LogP contribution is 2.09. The third-order valence-electron chi connectivity index (χ3n) is 2.42. The minimum atomic E-state index is 0.300. The molecule has 0 aliphatic rings. The zero-order chi connectivity index (χ0) is 12.7. The fourth-order valence-electron chi connectivity index (χ4n) is 1.57. The Morgan fingerprint density at radius 2 is 2.06 bits per heavy atom. The van der Waals surface area contributed by atoms with Crippen LogP contribution in [0.3, 0.4) is 0 Å². The van der Waals surface area contributed by atoms with Crippen LogP contribution >= 0.6 is 0 Å². The van der Waals surface area contributed by atoms with Gasteiger partial charge in [0, 0.05) is 6.54 Å². The zero-order valence-corrected chi connectivity index (χ0v) is 11.3. The van der Waals surface area contributed by atoms with Crippen LogP contribution in [0.2, 0.25) is 0 Å². The van der Waals surface area contributed by atoms with Crippen LogP contribution in [0.15, 0.2) is 16.5 Å².